The van der Waals surface area contributed by atoms with Crippen molar-refractivity contribution in [2.45, 2.75) is 17.5 Å². The molecular weight excluding hydrogens is 425 g/mol. The second kappa shape index (κ2) is 8.84. The summed E-state index contributed by atoms with van der Waals surface area (Å²) in [5.41, 5.74) is 0.627. The van der Waals surface area contributed by atoms with Crippen molar-refractivity contribution in [2.75, 3.05) is 13.7 Å². The predicted octanol–water partition coefficient (Wildman–Crippen LogP) is 2.67. The standard InChI is InChI=1S/C17H14F5NO5S/c1-23(10(17(24)25)8-28-7-9-5-3-2-4-6-9)29(26,27)16-14(21)12(19)11(18)13(20)15(16)22/h2-6,10H,7-8H2,1H3,(H,24,25). The van der Waals surface area contributed by atoms with Crippen molar-refractivity contribution in [3.8, 4) is 0 Å². The molecule has 2 rings (SSSR count). The van der Waals surface area contributed by atoms with E-state index in [1.165, 1.54) is 0 Å². The lowest BCUT2D eigenvalue weighted by Gasteiger charge is -2.24. The number of likely N-dealkylation sites (N-methyl/N-ethyl adjacent to an activating group) is 1. The highest BCUT2D eigenvalue weighted by Crippen LogP contribution is 2.29. The number of ether oxygens (including phenoxy) is 1. The summed E-state index contributed by atoms with van der Waals surface area (Å²) in [5, 5.41) is 9.26. The van der Waals surface area contributed by atoms with Gasteiger partial charge in [0.15, 0.2) is 28.2 Å². The van der Waals surface area contributed by atoms with Gasteiger partial charge in [0.2, 0.25) is 15.8 Å². The molecule has 2 aromatic carbocycles. The van der Waals surface area contributed by atoms with Gasteiger partial charge >= 0.3 is 5.97 Å². The summed E-state index contributed by atoms with van der Waals surface area (Å²) >= 11 is 0. The van der Waals surface area contributed by atoms with Crippen molar-refractivity contribution < 1.29 is 45.0 Å². The van der Waals surface area contributed by atoms with Crippen molar-refractivity contribution in [1.29, 1.82) is 0 Å². The van der Waals surface area contributed by atoms with Crippen LogP contribution in [0, 0.1) is 29.1 Å². The first-order chi connectivity index (χ1) is 13.5. The number of carboxylic acid groups (broad SMARTS) is 1. The van der Waals surface area contributed by atoms with Gasteiger partial charge in [0.1, 0.15) is 6.04 Å². The Morgan fingerprint density at radius 2 is 1.48 bits per heavy atom. The molecule has 0 amide bonds. The molecule has 0 spiro atoms. The van der Waals surface area contributed by atoms with E-state index in [0.717, 1.165) is 0 Å². The minimum Gasteiger partial charge on any atom is -0.480 e. The van der Waals surface area contributed by atoms with Gasteiger partial charge < -0.3 is 9.84 Å². The van der Waals surface area contributed by atoms with Gasteiger partial charge in [-0.2, -0.15) is 4.31 Å². The Bertz CT molecular complexity index is 988. The smallest absolute Gasteiger partial charge is 0.324 e. The van der Waals surface area contributed by atoms with Gasteiger partial charge in [-0.3, -0.25) is 4.79 Å². The molecule has 0 bridgehead atoms. The van der Waals surface area contributed by atoms with Crippen molar-refractivity contribution in [3.63, 3.8) is 0 Å². The van der Waals surface area contributed by atoms with E-state index in [4.69, 9.17) is 4.74 Å². The second-order valence-electron chi connectivity index (χ2n) is 5.78. The second-order valence-corrected chi connectivity index (χ2v) is 7.71. The van der Waals surface area contributed by atoms with Gasteiger partial charge in [-0.1, -0.05) is 30.3 Å². The van der Waals surface area contributed by atoms with E-state index >= 15 is 0 Å². The normalized spacial score (nSPS) is 12.9. The lowest BCUT2D eigenvalue weighted by molar-refractivity contribution is -0.143. The minimum absolute atomic E-state index is 0.0292. The topological polar surface area (TPSA) is 83.9 Å². The Balaban J connectivity index is 2.34. The fraction of sp³-hybridized carbons (Fsp3) is 0.235. The van der Waals surface area contributed by atoms with Gasteiger partial charge in [-0.15, -0.1) is 0 Å². The molecule has 0 aliphatic heterocycles. The summed E-state index contributed by atoms with van der Waals surface area (Å²) in [6.07, 6.45) is 0. The number of aliphatic carboxylic acids is 1. The maximum absolute atomic E-state index is 13.9. The van der Waals surface area contributed by atoms with E-state index in [1.807, 2.05) is 0 Å². The Morgan fingerprint density at radius 3 is 1.97 bits per heavy atom. The predicted molar refractivity (Wildman–Crippen MR) is 88.7 cm³/mol. The SMILES string of the molecule is CN(C(COCc1ccccc1)C(=O)O)S(=O)(=O)c1c(F)c(F)c(F)c(F)c1F. The summed E-state index contributed by atoms with van der Waals surface area (Å²) < 4.78 is 97.6. The maximum atomic E-state index is 13.9. The molecule has 6 nitrogen and oxygen atoms in total. The van der Waals surface area contributed by atoms with E-state index in [0.29, 0.717) is 12.6 Å². The largest absolute Gasteiger partial charge is 0.480 e. The number of hydrogen-bond acceptors (Lipinski definition) is 4. The number of carbonyl (C=O) groups is 1. The summed E-state index contributed by atoms with van der Waals surface area (Å²) in [4.78, 5) is 9.29. The van der Waals surface area contributed by atoms with Gasteiger partial charge in [-0.05, 0) is 5.56 Å². The lowest BCUT2D eigenvalue weighted by Crippen LogP contribution is -2.45. The first-order valence-electron chi connectivity index (χ1n) is 7.84. The molecule has 0 saturated carbocycles. The zero-order chi connectivity index (χ0) is 21.9. The molecule has 0 aliphatic carbocycles. The molecule has 0 fully saturated rings. The molecule has 12 heteroatoms. The van der Waals surface area contributed by atoms with E-state index < -0.39 is 62.6 Å². The summed E-state index contributed by atoms with van der Waals surface area (Å²) in [6.45, 7) is -0.865. The van der Waals surface area contributed by atoms with E-state index in [2.05, 4.69) is 0 Å². The van der Waals surface area contributed by atoms with Crippen molar-refractivity contribution >= 4 is 16.0 Å². The third kappa shape index (κ3) is 4.54. The van der Waals surface area contributed by atoms with Crippen LogP contribution in [0.2, 0.25) is 0 Å². The summed E-state index contributed by atoms with van der Waals surface area (Å²) in [7, 11) is -4.80. The molecule has 29 heavy (non-hydrogen) atoms. The highest BCUT2D eigenvalue weighted by Gasteiger charge is 2.40. The average Bonchev–Trinajstić information content (AvgIpc) is 2.68. The molecule has 0 heterocycles. The fourth-order valence-electron chi connectivity index (χ4n) is 2.32. The number of halogens is 5. The third-order valence-corrected chi connectivity index (χ3v) is 5.80. The molecule has 0 aromatic heterocycles. The molecule has 158 valence electrons. The molecule has 1 unspecified atom stereocenters. The fourth-order valence-corrected chi connectivity index (χ4v) is 3.72. The summed E-state index contributed by atoms with van der Waals surface area (Å²) in [5.74, 6) is -14.4. The molecule has 1 N–H and O–H groups in total. The molecule has 0 saturated heterocycles. The quantitative estimate of drug-likeness (QED) is 0.389. The van der Waals surface area contributed by atoms with Crippen LogP contribution >= 0.6 is 0 Å². The minimum atomic E-state index is -5.43. The highest BCUT2D eigenvalue weighted by atomic mass is 32.2. The van der Waals surface area contributed by atoms with Gasteiger partial charge in [0.05, 0.1) is 13.2 Å². The molecule has 2 aromatic rings. The van der Waals surface area contributed by atoms with Crippen LogP contribution in [0.4, 0.5) is 22.0 Å². The van der Waals surface area contributed by atoms with Crippen LogP contribution in [0.25, 0.3) is 0 Å². The number of sulfonamides is 1. The highest BCUT2D eigenvalue weighted by molar-refractivity contribution is 7.89. The Kier molecular flexibility index (Phi) is 6.93. The summed E-state index contributed by atoms with van der Waals surface area (Å²) in [6, 6.07) is 6.35. The van der Waals surface area contributed by atoms with Crippen molar-refractivity contribution in [1.82, 2.24) is 4.31 Å². The Labute approximate surface area is 162 Å². The molecule has 0 radical (unpaired) electrons. The number of carboxylic acids is 1. The Hall–Kier alpha value is -2.57. The van der Waals surface area contributed by atoms with Crippen LogP contribution in [0.1, 0.15) is 5.56 Å². The van der Waals surface area contributed by atoms with Gasteiger partial charge in [0, 0.05) is 7.05 Å². The van der Waals surface area contributed by atoms with Crippen LogP contribution in [0.15, 0.2) is 35.2 Å². The number of rotatable bonds is 8. The van der Waals surface area contributed by atoms with Gasteiger partial charge in [0.25, 0.3) is 0 Å². The van der Waals surface area contributed by atoms with Crippen LogP contribution in [0.5, 0.6) is 0 Å². The number of hydrogen-bond donors (Lipinski definition) is 1. The lowest BCUT2D eigenvalue weighted by atomic mass is 10.2. The van der Waals surface area contributed by atoms with Crippen LogP contribution in [-0.4, -0.2) is 43.5 Å². The van der Waals surface area contributed by atoms with Crippen LogP contribution in [-0.2, 0) is 26.2 Å². The van der Waals surface area contributed by atoms with E-state index in [9.17, 15) is 40.3 Å². The van der Waals surface area contributed by atoms with E-state index in [-0.39, 0.29) is 10.9 Å². The zero-order valence-corrected chi connectivity index (χ0v) is 15.5. The van der Waals surface area contributed by atoms with Crippen molar-refractivity contribution in [3.05, 3.63) is 65.0 Å². The van der Waals surface area contributed by atoms with Crippen molar-refractivity contribution in [2.24, 2.45) is 0 Å². The zero-order valence-electron chi connectivity index (χ0n) is 14.7. The number of benzene rings is 2. The van der Waals surface area contributed by atoms with E-state index in [1.54, 1.807) is 30.3 Å². The molecule has 0 aliphatic rings. The van der Waals surface area contributed by atoms with Crippen LogP contribution < -0.4 is 0 Å². The number of nitrogens with zero attached hydrogens (tertiary/aromatic N) is 1. The Morgan fingerprint density at radius 1 is 1.00 bits per heavy atom. The third-order valence-electron chi connectivity index (χ3n) is 3.92. The van der Waals surface area contributed by atoms with Crippen LogP contribution in [0.3, 0.4) is 0 Å². The molecular formula is C17H14F5NO5S. The first kappa shape index (κ1) is 22.7. The first-order valence-corrected chi connectivity index (χ1v) is 9.28. The maximum Gasteiger partial charge on any atom is 0.324 e. The van der Waals surface area contributed by atoms with Gasteiger partial charge in [-0.25, -0.2) is 30.4 Å². The average molecular weight is 439 g/mol. The molecule has 1 atom stereocenters. The monoisotopic (exact) mass is 439 g/mol.